The quantitative estimate of drug-likeness (QED) is 0.111. The Morgan fingerprint density at radius 3 is 1.80 bits per heavy atom. The molecule has 0 fully saturated rings. The van der Waals surface area contributed by atoms with Crippen LogP contribution in [-0.2, 0) is 99.1 Å². The maximum atomic E-state index is 9.39. The van der Waals surface area contributed by atoms with E-state index in [1.54, 1.807) is 0 Å². The maximum absolute atomic E-state index is 9.39. The van der Waals surface area contributed by atoms with E-state index in [-0.39, 0.29) is 81.7 Å². The Hall–Kier alpha value is 1.60. The molecule has 0 bridgehead atoms. The predicted octanol–water partition coefficient (Wildman–Crippen LogP) is -1.12. The molecule has 5 nitrogen and oxygen atoms in total. The van der Waals surface area contributed by atoms with E-state index in [1.807, 2.05) is 0 Å². The third-order valence-corrected chi connectivity index (χ3v) is 4.93. The van der Waals surface area contributed by atoms with Crippen LogP contribution >= 0.6 is 0 Å². The summed E-state index contributed by atoms with van der Waals surface area (Å²) in [5, 5.41) is 0. The van der Waals surface area contributed by atoms with Crippen molar-refractivity contribution in [3.05, 3.63) is 7.11 Å². The average Bonchev–Trinajstić information content (AvgIpc) is 1.89. The van der Waals surface area contributed by atoms with Crippen LogP contribution in [0.3, 0.4) is 0 Å². The molecule has 82 valence electrons. The van der Waals surface area contributed by atoms with Gasteiger partial charge in [-0.3, -0.25) is 0 Å². The fourth-order valence-corrected chi connectivity index (χ4v) is 2.74. The Kier molecular flexibility index (Phi) is 131. The number of hydrogen-bond donors (Lipinski definition) is 0. The molecule has 0 amide bonds. The molecule has 0 heterocycles. The van der Waals surface area contributed by atoms with Crippen LogP contribution in [0.1, 0.15) is 0 Å². The molecule has 0 aromatic rings. The Bertz CT molecular complexity index is 88.1. The van der Waals surface area contributed by atoms with Crippen LogP contribution < -0.4 is 0 Å². The Morgan fingerprint density at radius 2 is 1.47 bits per heavy atom. The van der Waals surface area contributed by atoms with Crippen LogP contribution in [0.15, 0.2) is 0 Å². The van der Waals surface area contributed by atoms with E-state index in [2.05, 4.69) is 18.3 Å². The molecule has 0 atom stereocenters. The van der Waals surface area contributed by atoms with Gasteiger partial charge in [-0.15, -0.1) is 0 Å². The van der Waals surface area contributed by atoms with Gasteiger partial charge < -0.3 is 0 Å². The summed E-state index contributed by atoms with van der Waals surface area (Å²) in [6, 6.07) is 0. The van der Waals surface area contributed by atoms with Crippen molar-refractivity contribution in [3.8, 4) is 0 Å². The molecule has 0 aromatic carbocycles. The zero-order valence-electron chi connectivity index (χ0n) is 7.17. The Balaban J connectivity index is -0.0000000213. The first-order valence-corrected chi connectivity index (χ1v) is 6.34. The van der Waals surface area contributed by atoms with E-state index in [1.165, 1.54) is 6.47 Å². The zero-order valence-corrected chi connectivity index (χ0v) is 36.5. The fraction of sp³-hybridized carbons (Fsp3) is 0. The molecule has 8 radical (unpaired) electrons. The van der Waals surface area contributed by atoms with Crippen molar-refractivity contribution in [2.24, 2.45) is 0 Å². The van der Waals surface area contributed by atoms with Gasteiger partial charge in [0, 0.05) is 81.7 Å². The molecule has 0 spiro atoms. The van der Waals surface area contributed by atoms with Crippen molar-refractivity contribution in [2.45, 2.75) is 0 Å². The van der Waals surface area contributed by atoms with E-state index in [4.69, 9.17) is 1.41 Å². The predicted molar refractivity (Wildman–Crippen MR) is 26.9 cm³/mol. The molecule has 13 heteroatoms. The first-order valence-electron chi connectivity index (χ1n) is 1.68. The number of hydrogen-bond acceptors (Lipinski definition) is 5. The van der Waals surface area contributed by atoms with Crippen molar-refractivity contribution in [1.82, 2.24) is 0 Å². The van der Waals surface area contributed by atoms with Crippen molar-refractivity contribution >= 4 is 50.4 Å². The Labute approximate surface area is 154 Å². The summed E-state index contributed by atoms with van der Waals surface area (Å²) in [6.45, 7) is 1.26. The SMILES string of the molecule is [CH2-]O[O][Sn][O][Sn][O][C-]=O.[Re].[Re].[Re].[Re].[Rf].[Rf]. The largest absolute Gasteiger partial charge is 0 e. The Morgan fingerprint density at radius 1 is 1.00 bits per heavy atom. The fourth-order valence-electron chi connectivity index (χ4n) is 0.0959. The molecular formula is C2H2O5Re4Rf2Sn2-2. The van der Waals surface area contributed by atoms with Gasteiger partial charge in [-0.25, -0.2) is 0 Å². The van der Waals surface area contributed by atoms with E-state index in [0.29, 0.717) is 0 Å². The molecule has 0 aliphatic rings. The number of carbonyl (C=O) groups excluding carboxylic acids is 1. The third kappa shape index (κ3) is 50.0. The molecule has 0 aromatic heterocycles. The third-order valence-electron chi connectivity index (χ3n) is 0.260. The summed E-state index contributed by atoms with van der Waals surface area (Å²) < 4.78 is 13.3. The van der Waals surface area contributed by atoms with Crippen LogP contribution in [0.25, 0.3) is 0 Å². The van der Waals surface area contributed by atoms with Crippen LogP contribution in [-0.4, -0.2) is 50.4 Å². The van der Waals surface area contributed by atoms with E-state index in [9.17, 15) is 4.79 Å². The van der Waals surface area contributed by atoms with Gasteiger partial charge in [-0.05, 0) is 0 Å². The van der Waals surface area contributed by atoms with Crippen molar-refractivity contribution < 1.29 is 99.1 Å². The minimum absolute atomic E-state index is 0. The van der Waals surface area contributed by atoms with Crippen molar-refractivity contribution in [2.75, 3.05) is 0 Å². The minimum Gasteiger partial charge on any atom is 0 e. The zero-order chi connectivity index (χ0) is 6.95. The summed E-state index contributed by atoms with van der Waals surface area (Å²) >= 11 is -2.79. The van der Waals surface area contributed by atoms with Gasteiger partial charge in [-0.1, -0.05) is 0 Å². The van der Waals surface area contributed by atoms with Gasteiger partial charge in [-0.2, -0.15) is 0 Å². The second-order valence-corrected chi connectivity index (χ2v) is 7.16. The summed E-state index contributed by atoms with van der Waals surface area (Å²) in [5.74, 6) is 0. The second-order valence-electron chi connectivity index (χ2n) is 0.655. The van der Waals surface area contributed by atoms with E-state index >= 15 is 0 Å². The molecule has 0 saturated carbocycles. The summed E-state index contributed by atoms with van der Waals surface area (Å²) in [6.07, 6.45) is 0. The van der Waals surface area contributed by atoms with E-state index < -0.39 is 43.9 Å². The van der Waals surface area contributed by atoms with Crippen molar-refractivity contribution in [1.29, 1.82) is 0 Å². The number of rotatable bonds is 6. The van der Waals surface area contributed by atoms with Gasteiger partial charge in [0.25, 0.3) is 0 Å². The van der Waals surface area contributed by atoms with Gasteiger partial charge in [0.05, 0.1) is 0 Å². The average molecular weight is 1620 g/mol. The molecule has 0 saturated heterocycles. The molecule has 0 aliphatic carbocycles. The standard InChI is InChI=1S/CH3O2.CO2.O.4Re.2Rf.2Sn/c1-3-2;2-1-3;;;;;;;;;/h2H,1H2;;;;;;;;;;/q-1;-2;;;;;;;;2*+1/p-1. The van der Waals surface area contributed by atoms with Crippen molar-refractivity contribution in [3.63, 3.8) is 0 Å². The van der Waals surface area contributed by atoms with Crippen LogP contribution in [0.4, 0.5) is 0 Å². The molecule has 0 unspecified atom stereocenters. The summed E-state index contributed by atoms with van der Waals surface area (Å²) in [7, 11) is 2.94. The summed E-state index contributed by atoms with van der Waals surface area (Å²) in [5.41, 5.74) is 0. The topological polar surface area (TPSA) is 54.0 Å². The smallest absolute Gasteiger partial charge is 0 e. The monoisotopic (exact) mass is 1630 g/mol. The van der Waals surface area contributed by atoms with Gasteiger partial charge in [0.2, 0.25) is 0 Å². The minimum atomic E-state index is -1.43. The molecule has 0 N–H and O–H groups in total. The van der Waals surface area contributed by atoms with Crippen LogP contribution in [0.2, 0.25) is 0 Å². The van der Waals surface area contributed by atoms with Gasteiger partial charge in [0.1, 0.15) is 0 Å². The first-order chi connectivity index (χ1) is 4.41. The summed E-state index contributed by atoms with van der Waals surface area (Å²) in [4.78, 5) is 13.4. The second kappa shape index (κ2) is 45.0. The molecule has 0 aliphatic heterocycles. The van der Waals surface area contributed by atoms with Gasteiger partial charge in [0.15, 0.2) is 0 Å². The van der Waals surface area contributed by atoms with Crippen LogP contribution in [0.5, 0.6) is 0 Å². The van der Waals surface area contributed by atoms with Gasteiger partial charge >= 0.3 is 74.9 Å². The normalized spacial score (nSPS) is 5.40. The molecule has 0 rings (SSSR count). The maximum Gasteiger partial charge on any atom is 0 e. The molecular weight excluding hydrogens is 1620 g/mol. The van der Waals surface area contributed by atoms with E-state index in [0.717, 1.165) is 0 Å². The molecule has 15 heavy (non-hydrogen) atoms. The van der Waals surface area contributed by atoms with Crippen LogP contribution in [0, 0.1) is 7.11 Å². The first kappa shape index (κ1) is 43.8.